The van der Waals surface area contributed by atoms with Crippen molar-refractivity contribution in [3.8, 4) is 11.5 Å². The normalized spacial score (nSPS) is 17.6. The molecule has 1 N–H and O–H groups in total. The number of ether oxygens (including phenoxy) is 2. The number of ketones is 1. The third kappa shape index (κ3) is 3.61. The Morgan fingerprint density at radius 2 is 1.68 bits per heavy atom. The number of hydrogen-bond donors (Lipinski definition) is 1. The molecule has 1 unspecified atom stereocenters. The predicted octanol–water partition coefficient (Wildman–Crippen LogP) is 3.73. The Balaban J connectivity index is 1.93. The fourth-order valence-corrected chi connectivity index (χ4v) is 3.59. The Bertz CT molecular complexity index is 1160. The van der Waals surface area contributed by atoms with Gasteiger partial charge < -0.3 is 14.6 Å². The second kappa shape index (κ2) is 8.31. The van der Waals surface area contributed by atoms with Crippen LogP contribution in [0.3, 0.4) is 0 Å². The number of nitrogens with zero attached hydrogens (tertiary/aromatic N) is 2. The minimum atomic E-state index is -0.855. The lowest BCUT2D eigenvalue weighted by Crippen LogP contribution is -2.30. The van der Waals surface area contributed by atoms with Crippen LogP contribution in [0.4, 0.5) is 5.82 Å². The monoisotopic (exact) mass is 416 g/mol. The molecule has 0 radical (unpaired) electrons. The number of benzene rings is 2. The molecular formula is C24H20N2O5. The summed E-state index contributed by atoms with van der Waals surface area (Å²) in [7, 11) is 3.06. The predicted molar refractivity (Wildman–Crippen MR) is 115 cm³/mol. The number of anilines is 1. The van der Waals surface area contributed by atoms with E-state index in [1.807, 2.05) is 0 Å². The summed E-state index contributed by atoms with van der Waals surface area (Å²) in [5, 5.41) is 11.1. The maximum absolute atomic E-state index is 13.1. The second-order valence-electron chi connectivity index (χ2n) is 6.86. The number of aliphatic hydroxyl groups excluding tert-OH is 1. The third-order valence-electron chi connectivity index (χ3n) is 5.12. The Kier molecular flexibility index (Phi) is 5.41. The molecule has 0 saturated carbocycles. The fraction of sp³-hybridized carbons (Fsp3) is 0.125. The van der Waals surface area contributed by atoms with Crippen molar-refractivity contribution in [1.29, 1.82) is 0 Å². The van der Waals surface area contributed by atoms with Crippen molar-refractivity contribution in [3.63, 3.8) is 0 Å². The summed E-state index contributed by atoms with van der Waals surface area (Å²) in [5.74, 6) is -0.363. The van der Waals surface area contributed by atoms with E-state index in [1.54, 1.807) is 80.0 Å². The van der Waals surface area contributed by atoms with E-state index < -0.39 is 17.7 Å². The minimum absolute atomic E-state index is 0.0194. The number of amides is 1. The average Bonchev–Trinajstić information content (AvgIpc) is 3.09. The lowest BCUT2D eigenvalue weighted by Gasteiger charge is -2.24. The van der Waals surface area contributed by atoms with Crippen LogP contribution in [0.15, 0.2) is 78.5 Å². The lowest BCUT2D eigenvalue weighted by molar-refractivity contribution is -0.132. The van der Waals surface area contributed by atoms with Crippen LogP contribution in [0, 0.1) is 0 Å². The van der Waals surface area contributed by atoms with Gasteiger partial charge in [0.2, 0.25) is 0 Å². The number of carbonyl (C=O) groups is 2. The standard InChI is InChI=1S/C24H20N2O5/c1-30-17-11-9-15(10-12-17)21-20(22(27)16-6-5-7-18(14-16)31-2)23(28)24(29)26(21)19-8-3-4-13-25-19/h3-14,21,27H,1-2H3. The topological polar surface area (TPSA) is 89.0 Å². The summed E-state index contributed by atoms with van der Waals surface area (Å²) in [4.78, 5) is 31.7. The highest BCUT2D eigenvalue weighted by atomic mass is 16.5. The molecule has 1 aromatic heterocycles. The van der Waals surface area contributed by atoms with E-state index in [2.05, 4.69) is 4.98 Å². The number of rotatable bonds is 5. The summed E-state index contributed by atoms with van der Waals surface area (Å²) in [6, 6.07) is 17.9. The molecule has 156 valence electrons. The Morgan fingerprint density at radius 3 is 2.32 bits per heavy atom. The Hall–Kier alpha value is -4.13. The first kappa shape index (κ1) is 20.2. The highest BCUT2D eigenvalue weighted by molar-refractivity contribution is 6.51. The summed E-state index contributed by atoms with van der Waals surface area (Å²) < 4.78 is 10.4. The maximum atomic E-state index is 13.1. The van der Waals surface area contributed by atoms with Crippen LogP contribution >= 0.6 is 0 Å². The zero-order chi connectivity index (χ0) is 22.0. The first-order valence-corrected chi connectivity index (χ1v) is 9.55. The first-order valence-electron chi connectivity index (χ1n) is 9.55. The van der Waals surface area contributed by atoms with E-state index in [1.165, 1.54) is 12.0 Å². The highest BCUT2D eigenvalue weighted by Crippen LogP contribution is 2.42. The van der Waals surface area contributed by atoms with Crippen LogP contribution < -0.4 is 14.4 Å². The molecule has 1 atom stereocenters. The van der Waals surface area contributed by atoms with Gasteiger partial charge in [0, 0.05) is 11.8 Å². The molecule has 1 amide bonds. The quantitative estimate of drug-likeness (QED) is 0.387. The van der Waals surface area contributed by atoms with Gasteiger partial charge in [0.25, 0.3) is 5.78 Å². The Morgan fingerprint density at radius 1 is 0.935 bits per heavy atom. The number of carbonyl (C=O) groups excluding carboxylic acids is 2. The highest BCUT2D eigenvalue weighted by Gasteiger charge is 2.47. The molecule has 7 nitrogen and oxygen atoms in total. The number of aromatic nitrogens is 1. The summed E-state index contributed by atoms with van der Waals surface area (Å²) >= 11 is 0. The molecule has 1 aliphatic rings. The molecule has 2 heterocycles. The molecule has 2 aromatic carbocycles. The number of pyridine rings is 1. The van der Waals surface area contributed by atoms with Gasteiger partial charge in [-0.1, -0.05) is 30.3 Å². The van der Waals surface area contributed by atoms with Crippen molar-refractivity contribution in [1.82, 2.24) is 4.98 Å². The van der Waals surface area contributed by atoms with Crippen molar-refractivity contribution >= 4 is 23.3 Å². The maximum Gasteiger partial charge on any atom is 0.301 e. The van der Waals surface area contributed by atoms with Crippen molar-refractivity contribution in [2.45, 2.75) is 6.04 Å². The van der Waals surface area contributed by atoms with Crippen LogP contribution in [0.1, 0.15) is 17.2 Å². The fourth-order valence-electron chi connectivity index (χ4n) is 3.59. The van der Waals surface area contributed by atoms with Gasteiger partial charge in [-0.3, -0.25) is 14.5 Å². The van der Waals surface area contributed by atoms with Gasteiger partial charge >= 0.3 is 5.91 Å². The largest absolute Gasteiger partial charge is 0.507 e. The van der Waals surface area contributed by atoms with Gasteiger partial charge in [0.05, 0.1) is 25.8 Å². The molecule has 31 heavy (non-hydrogen) atoms. The van der Waals surface area contributed by atoms with Gasteiger partial charge in [-0.15, -0.1) is 0 Å². The lowest BCUT2D eigenvalue weighted by atomic mass is 9.95. The second-order valence-corrected chi connectivity index (χ2v) is 6.86. The van der Waals surface area contributed by atoms with Crippen LogP contribution in [0.5, 0.6) is 11.5 Å². The molecule has 1 saturated heterocycles. The van der Waals surface area contributed by atoms with Gasteiger partial charge in [0.15, 0.2) is 0 Å². The zero-order valence-corrected chi connectivity index (χ0v) is 17.0. The molecule has 1 fully saturated rings. The van der Waals surface area contributed by atoms with Gasteiger partial charge in [-0.2, -0.15) is 0 Å². The van der Waals surface area contributed by atoms with Crippen molar-refractivity contribution < 1.29 is 24.2 Å². The smallest absolute Gasteiger partial charge is 0.301 e. The molecule has 0 spiro atoms. The Labute approximate surface area is 179 Å². The van der Waals surface area contributed by atoms with E-state index in [-0.39, 0.29) is 11.3 Å². The molecule has 0 aliphatic carbocycles. The van der Waals surface area contributed by atoms with E-state index in [0.29, 0.717) is 28.4 Å². The number of aliphatic hydroxyl groups is 1. The van der Waals surface area contributed by atoms with E-state index in [9.17, 15) is 14.7 Å². The van der Waals surface area contributed by atoms with E-state index in [0.717, 1.165) is 0 Å². The minimum Gasteiger partial charge on any atom is -0.507 e. The summed E-state index contributed by atoms with van der Waals surface area (Å²) in [5.41, 5.74) is 0.987. The molecule has 3 aromatic rings. The van der Waals surface area contributed by atoms with Crippen LogP contribution in [-0.4, -0.2) is 36.0 Å². The van der Waals surface area contributed by atoms with E-state index in [4.69, 9.17) is 9.47 Å². The molecule has 4 rings (SSSR count). The van der Waals surface area contributed by atoms with Crippen LogP contribution in [0.25, 0.3) is 5.76 Å². The van der Waals surface area contributed by atoms with Crippen LogP contribution in [0.2, 0.25) is 0 Å². The van der Waals surface area contributed by atoms with Gasteiger partial charge in [0.1, 0.15) is 23.1 Å². The van der Waals surface area contributed by atoms with Gasteiger partial charge in [-0.05, 0) is 42.0 Å². The van der Waals surface area contributed by atoms with Crippen LogP contribution in [-0.2, 0) is 9.59 Å². The van der Waals surface area contributed by atoms with Crippen molar-refractivity contribution in [3.05, 3.63) is 89.6 Å². The molecule has 0 bridgehead atoms. The van der Waals surface area contributed by atoms with E-state index >= 15 is 0 Å². The third-order valence-corrected chi connectivity index (χ3v) is 5.12. The average molecular weight is 416 g/mol. The first-order chi connectivity index (χ1) is 15.0. The molecule has 7 heteroatoms. The SMILES string of the molecule is COc1ccc(C2C(=C(O)c3cccc(OC)c3)C(=O)C(=O)N2c2ccccn2)cc1. The van der Waals surface area contributed by atoms with Crippen molar-refractivity contribution in [2.75, 3.05) is 19.1 Å². The summed E-state index contributed by atoms with van der Waals surface area (Å²) in [6.07, 6.45) is 1.54. The molecular weight excluding hydrogens is 396 g/mol. The molecule has 1 aliphatic heterocycles. The number of Topliss-reactive ketones (excluding diaryl/α,β-unsaturated/α-hetero) is 1. The zero-order valence-electron chi connectivity index (χ0n) is 17.0. The van der Waals surface area contributed by atoms with Gasteiger partial charge in [-0.25, -0.2) is 4.98 Å². The van der Waals surface area contributed by atoms with Crippen molar-refractivity contribution in [2.24, 2.45) is 0 Å². The number of methoxy groups -OCH3 is 2. The summed E-state index contributed by atoms with van der Waals surface area (Å²) in [6.45, 7) is 0. The number of hydrogen-bond acceptors (Lipinski definition) is 6.